The highest BCUT2D eigenvalue weighted by Gasteiger charge is 2.15. The minimum Gasteiger partial charge on any atom is -0.481 e. The Hall–Kier alpha value is -3.78. The van der Waals surface area contributed by atoms with E-state index in [2.05, 4.69) is 21.4 Å². The second kappa shape index (κ2) is 15.7. The molecule has 2 N–H and O–H groups in total. The molecule has 212 valence electrons. The Balaban J connectivity index is 1.29. The van der Waals surface area contributed by atoms with Crippen LogP contribution in [0.2, 0.25) is 0 Å². The first-order chi connectivity index (χ1) is 19.6. The smallest absolute Gasteiger partial charge is 0.303 e. The summed E-state index contributed by atoms with van der Waals surface area (Å²) >= 11 is 0. The van der Waals surface area contributed by atoms with Gasteiger partial charge in [0, 0.05) is 43.1 Å². The van der Waals surface area contributed by atoms with Gasteiger partial charge >= 0.3 is 5.97 Å². The van der Waals surface area contributed by atoms with Gasteiger partial charge in [0.05, 0.1) is 6.10 Å². The molecule has 0 spiro atoms. The number of nitrogens with one attached hydrogen (secondary N) is 1. The van der Waals surface area contributed by atoms with Crippen molar-refractivity contribution in [3.63, 3.8) is 0 Å². The lowest BCUT2D eigenvalue weighted by molar-refractivity contribution is -0.137. The molecule has 1 saturated carbocycles. The van der Waals surface area contributed by atoms with Crippen molar-refractivity contribution in [2.45, 2.75) is 76.7 Å². The van der Waals surface area contributed by atoms with E-state index in [0.717, 1.165) is 54.6 Å². The Morgan fingerprint density at radius 1 is 1.02 bits per heavy atom. The van der Waals surface area contributed by atoms with Gasteiger partial charge in [-0.25, -0.2) is 4.98 Å². The number of carboxylic acids is 1. The van der Waals surface area contributed by atoms with Crippen molar-refractivity contribution in [1.29, 1.82) is 0 Å². The number of carbonyl (C=O) groups excluding carboxylic acids is 1. The Kier molecular flexibility index (Phi) is 11.5. The van der Waals surface area contributed by atoms with Crippen LogP contribution in [-0.2, 0) is 9.53 Å². The second-order valence-electron chi connectivity index (χ2n) is 10.2. The van der Waals surface area contributed by atoms with Crippen LogP contribution >= 0.6 is 0 Å². The van der Waals surface area contributed by atoms with Crippen LogP contribution in [0.5, 0.6) is 0 Å². The van der Waals surface area contributed by atoms with E-state index < -0.39 is 5.97 Å². The average molecular weight is 546 g/mol. The van der Waals surface area contributed by atoms with Crippen molar-refractivity contribution >= 4 is 17.4 Å². The third-order valence-electron chi connectivity index (χ3n) is 7.11. The van der Waals surface area contributed by atoms with Crippen LogP contribution in [0.25, 0.3) is 17.0 Å². The maximum absolute atomic E-state index is 12.5. The molecular formula is C32H39N3O5. The van der Waals surface area contributed by atoms with Crippen molar-refractivity contribution in [3.05, 3.63) is 78.0 Å². The number of benzene rings is 1. The third kappa shape index (κ3) is 9.16. The van der Waals surface area contributed by atoms with Crippen molar-refractivity contribution in [2.24, 2.45) is 0 Å². The lowest BCUT2D eigenvalue weighted by Crippen LogP contribution is -2.25. The number of allylic oxidation sites excluding steroid dienone is 1. The van der Waals surface area contributed by atoms with Gasteiger partial charge in [-0.1, -0.05) is 43.5 Å². The van der Waals surface area contributed by atoms with Crippen LogP contribution in [-0.4, -0.2) is 46.2 Å². The number of oxazole rings is 1. The number of ether oxygens (including phenoxy) is 1. The monoisotopic (exact) mass is 545 g/mol. The van der Waals surface area contributed by atoms with Gasteiger partial charge in [0.15, 0.2) is 5.69 Å². The molecule has 2 aromatic heterocycles. The number of amides is 1. The number of unbranched alkanes of at least 4 members (excludes halogenated alkanes) is 3. The van der Waals surface area contributed by atoms with Gasteiger partial charge in [-0.15, -0.1) is 0 Å². The van der Waals surface area contributed by atoms with E-state index >= 15 is 0 Å². The predicted molar refractivity (Wildman–Crippen MR) is 154 cm³/mol. The Morgan fingerprint density at radius 3 is 2.60 bits per heavy atom. The largest absolute Gasteiger partial charge is 0.481 e. The Bertz CT molecular complexity index is 1230. The van der Waals surface area contributed by atoms with E-state index in [1.807, 2.05) is 42.6 Å². The molecule has 2 heterocycles. The van der Waals surface area contributed by atoms with Gasteiger partial charge < -0.3 is 19.6 Å². The molecule has 8 nitrogen and oxygen atoms in total. The minimum absolute atomic E-state index is 0.177. The van der Waals surface area contributed by atoms with Crippen molar-refractivity contribution in [2.75, 3.05) is 13.2 Å². The highest BCUT2D eigenvalue weighted by Crippen LogP contribution is 2.27. The van der Waals surface area contributed by atoms with Crippen LogP contribution in [0.15, 0.2) is 65.5 Å². The molecule has 1 aliphatic rings. The van der Waals surface area contributed by atoms with Gasteiger partial charge in [-0.3, -0.25) is 14.6 Å². The van der Waals surface area contributed by atoms with E-state index in [1.54, 1.807) is 6.20 Å². The molecule has 0 aliphatic heterocycles. The predicted octanol–water partition coefficient (Wildman–Crippen LogP) is 6.67. The second-order valence-corrected chi connectivity index (χ2v) is 10.2. The number of aromatic nitrogens is 2. The first-order valence-electron chi connectivity index (χ1n) is 14.4. The molecule has 8 heteroatoms. The number of aliphatic carboxylic acids is 1. The molecule has 1 aliphatic carbocycles. The zero-order valence-electron chi connectivity index (χ0n) is 23.0. The number of rotatable bonds is 15. The number of carbonyl (C=O) groups is 2. The van der Waals surface area contributed by atoms with Gasteiger partial charge in [0.1, 0.15) is 6.26 Å². The lowest BCUT2D eigenvalue weighted by Gasteiger charge is -2.21. The molecule has 1 amide bonds. The zero-order chi connectivity index (χ0) is 28.0. The van der Waals surface area contributed by atoms with E-state index in [-0.39, 0.29) is 18.0 Å². The van der Waals surface area contributed by atoms with Crippen molar-refractivity contribution in [1.82, 2.24) is 15.3 Å². The van der Waals surface area contributed by atoms with Crippen LogP contribution in [0, 0.1) is 0 Å². The summed E-state index contributed by atoms with van der Waals surface area (Å²) in [5.41, 5.74) is 4.06. The number of pyridine rings is 1. The Morgan fingerprint density at radius 2 is 1.85 bits per heavy atom. The molecule has 0 saturated heterocycles. The van der Waals surface area contributed by atoms with Crippen LogP contribution in [0.3, 0.4) is 0 Å². The number of hydrogen-bond acceptors (Lipinski definition) is 6. The van der Waals surface area contributed by atoms with Gasteiger partial charge in [-0.2, -0.15) is 0 Å². The molecule has 3 aromatic rings. The topological polar surface area (TPSA) is 115 Å². The summed E-state index contributed by atoms with van der Waals surface area (Å²) in [6, 6.07) is 11.7. The van der Waals surface area contributed by atoms with Gasteiger partial charge in [0.2, 0.25) is 5.89 Å². The van der Waals surface area contributed by atoms with Gasteiger partial charge in [0.25, 0.3) is 5.91 Å². The molecule has 0 bridgehead atoms. The third-order valence-corrected chi connectivity index (χ3v) is 7.11. The van der Waals surface area contributed by atoms with Crippen molar-refractivity contribution in [3.8, 4) is 11.5 Å². The highest BCUT2D eigenvalue weighted by atomic mass is 16.5. The number of hydrogen-bond donors (Lipinski definition) is 2. The standard InChI is InChI=1S/C32H39N3O5/c36-30(37)14-6-2-5-13-28(26-10-9-19-33-22-26)24-15-17-25(18-16-24)32-35-29(23-40-32)31(38)34-20-7-8-21-39-27-11-3-1-4-12-27/h9-10,13,15-19,22-23,27H,1-8,11-12,14,20-21H2,(H,34,38)(H,36,37). The fourth-order valence-corrected chi connectivity index (χ4v) is 4.90. The fourth-order valence-electron chi connectivity index (χ4n) is 4.90. The molecule has 0 unspecified atom stereocenters. The summed E-state index contributed by atoms with van der Waals surface area (Å²) < 4.78 is 11.6. The van der Waals surface area contributed by atoms with Crippen LogP contribution in [0.1, 0.15) is 92.2 Å². The van der Waals surface area contributed by atoms with Crippen molar-refractivity contribution < 1.29 is 23.8 Å². The maximum atomic E-state index is 12.5. The lowest BCUT2D eigenvalue weighted by atomic mass is 9.96. The Labute approximate surface area is 235 Å². The summed E-state index contributed by atoms with van der Waals surface area (Å²) in [6.45, 7) is 1.32. The number of carboxylic acid groups (broad SMARTS) is 1. The first-order valence-corrected chi connectivity index (χ1v) is 14.4. The summed E-state index contributed by atoms with van der Waals surface area (Å²) in [5.74, 6) is -0.628. The van der Waals surface area contributed by atoms with Crippen LogP contribution < -0.4 is 5.32 Å². The van der Waals surface area contributed by atoms with E-state index in [1.165, 1.54) is 38.4 Å². The van der Waals surface area contributed by atoms with E-state index in [9.17, 15) is 9.59 Å². The van der Waals surface area contributed by atoms with E-state index in [0.29, 0.717) is 25.0 Å². The molecule has 40 heavy (non-hydrogen) atoms. The highest BCUT2D eigenvalue weighted by molar-refractivity contribution is 5.92. The summed E-state index contributed by atoms with van der Waals surface area (Å²) in [5, 5.41) is 11.8. The fraction of sp³-hybridized carbons (Fsp3) is 0.438. The molecule has 1 aromatic carbocycles. The molecule has 0 radical (unpaired) electrons. The molecule has 4 rings (SSSR count). The van der Waals surface area contributed by atoms with E-state index in [4.69, 9.17) is 14.3 Å². The normalized spacial score (nSPS) is 14.2. The summed E-state index contributed by atoms with van der Waals surface area (Å²) in [7, 11) is 0. The zero-order valence-corrected chi connectivity index (χ0v) is 23.0. The summed E-state index contributed by atoms with van der Waals surface area (Å²) in [4.78, 5) is 32.0. The molecule has 1 fully saturated rings. The molecular weight excluding hydrogens is 506 g/mol. The summed E-state index contributed by atoms with van der Waals surface area (Å²) in [6.07, 6.45) is 17.9. The SMILES string of the molecule is O=C(O)CCCCC=C(c1ccc(-c2nc(C(=O)NCCCCOC3CCCCC3)co2)cc1)c1cccnc1. The van der Waals surface area contributed by atoms with Gasteiger partial charge in [-0.05, 0) is 74.3 Å². The van der Waals surface area contributed by atoms with Crippen LogP contribution in [0.4, 0.5) is 0 Å². The number of nitrogens with zero attached hydrogens (tertiary/aromatic N) is 2. The minimum atomic E-state index is -0.769. The maximum Gasteiger partial charge on any atom is 0.303 e. The average Bonchev–Trinajstić information content (AvgIpc) is 3.48. The quantitative estimate of drug-likeness (QED) is 0.205. The first kappa shape index (κ1) is 29.2. The molecule has 0 atom stereocenters.